The minimum Gasteiger partial charge on any atom is -0.495 e. The first-order valence-corrected chi connectivity index (χ1v) is 11.9. The van der Waals surface area contributed by atoms with E-state index in [4.69, 9.17) is 9.72 Å². The third-order valence-electron chi connectivity index (χ3n) is 6.17. The highest BCUT2D eigenvalue weighted by molar-refractivity contribution is 5.79. The van der Waals surface area contributed by atoms with Crippen molar-refractivity contribution in [2.45, 2.75) is 64.8 Å². The van der Waals surface area contributed by atoms with Gasteiger partial charge in [0.25, 0.3) is 5.56 Å². The van der Waals surface area contributed by atoms with Crippen LogP contribution in [0.15, 0.2) is 53.3 Å². The molecule has 176 valence electrons. The Bertz CT molecular complexity index is 1140. The molecular weight excluding hydrogens is 414 g/mol. The molecule has 0 fully saturated rings. The van der Waals surface area contributed by atoms with Gasteiger partial charge in [-0.25, -0.2) is 4.98 Å². The van der Waals surface area contributed by atoms with Gasteiger partial charge in [-0.1, -0.05) is 63.8 Å². The van der Waals surface area contributed by atoms with E-state index in [0.29, 0.717) is 41.0 Å². The van der Waals surface area contributed by atoms with E-state index in [2.05, 4.69) is 6.92 Å². The first-order valence-electron chi connectivity index (χ1n) is 11.9. The number of aromatic nitrogens is 2. The summed E-state index contributed by atoms with van der Waals surface area (Å²) in [6.07, 6.45) is 6.62. The number of fused-ring (bicyclic) bond motifs is 1. The van der Waals surface area contributed by atoms with Gasteiger partial charge in [0.1, 0.15) is 11.6 Å². The van der Waals surface area contributed by atoms with Gasteiger partial charge in [0.05, 0.1) is 29.7 Å². The zero-order valence-electron chi connectivity index (χ0n) is 20.2. The zero-order chi connectivity index (χ0) is 23.8. The molecule has 0 aliphatic rings. The van der Waals surface area contributed by atoms with Gasteiger partial charge in [-0.3, -0.25) is 14.2 Å². The van der Waals surface area contributed by atoms with E-state index in [9.17, 15) is 9.59 Å². The number of nitrogens with zero attached hydrogens (tertiary/aromatic N) is 3. The van der Waals surface area contributed by atoms with Crippen molar-refractivity contribution in [3.8, 4) is 11.4 Å². The predicted molar refractivity (Wildman–Crippen MR) is 133 cm³/mol. The minimum atomic E-state index is -0.338. The number of hydrogen-bond acceptors (Lipinski definition) is 4. The Morgan fingerprint density at radius 2 is 1.73 bits per heavy atom. The Labute approximate surface area is 196 Å². The number of amides is 1. The highest BCUT2D eigenvalue weighted by atomic mass is 16.5. The van der Waals surface area contributed by atoms with E-state index in [1.54, 1.807) is 22.6 Å². The molecular formula is C27H35N3O3. The molecule has 0 bridgehead atoms. The molecule has 3 aromatic rings. The number of unbranched alkanes of at least 4 members (excludes halogenated alkanes) is 4. The summed E-state index contributed by atoms with van der Waals surface area (Å²) >= 11 is 0. The number of benzene rings is 2. The number of carbonyl (C=O) groups is 1. The summed E-state index contributed by atoms with van der Waals surface area (Å²) in [5.74, 6) is 1.21. The average Bonchev–Trinajstić information content (AvgIpc) is 2.84. The van der Waals surface area contributed by atoms with Crippen LogP contribution in [-0.2, 0) is 4.79 Å². The molecule has 0 aliphatic heterocycles. The van der Waals surface area contributed by atoms with Crippen molar-refractivity contribution >= 4 is 16.8 Å². The summed E-state index contributed by atoms with van der Waals surface area (Å²) in [4.78, 5) is 33.4. The monoisotopic (exact) mass is 449 g/mol. The molecule has 0 N–H and O–H groups in total. The number of hydrogen-bond donors (Lipinski definition) is 0. The van der Waals surface area contributed by atoms with E-state index in [1.165, 1.54) is 12.8 Å². The molecule has 0 spiro atoms. The Morgan fingerprint density at radius 1 is 1.03 bits per heavy atom. The normalized spacial score (nSPS) is 12.0. The fourth-order valence-electron chi connectivity index (χ4n) is 4.28. The van der Waals surface area contributed by atoms with E-state index in [-0.39, 0.29) is 17.5 Å². The number of methoxy groups -OCH3 is 1. The summed E-state index contributed by atoms with van der Waals surface area (Å²) in [5, 5.41) is 0.534. The topological polar surface area (TPSA) is 64.4 Å². The van der Waals surface area contributed by atoms with Crippen LogP contribution in [0.3, 0.4) is 0 Å². The van der Waals surface area contributed by atoms with Crippen LogP contribution in [0, 0.1) is 0 Å². The van der Waals surface area contributed by atoms with Crippen molar-refractivity contribution in [1.82, 2.24) is 14.5 Å². The van der Waals surface area contributed by atoms with Crippen molar-refractivity contribution in [3.63, 3.8) is 0 Å². The van der Waals surface area contributed by atoms with Crippen LogP contribution in [0.2, 0.25) is 0 Å². The van der Waals surface area contributed by atoms with Crippen LogP contribution >= 0.6 is 0 Å². The van der Waals surface area contributed by atoms with Gasteiger partial charge in [0.2, 0.25) is 5.91 Å². The van der Waals surface area contributed by atoms with Crippen LogP contribution in [0.25, 0.3) is 16.6 Å². The smallest absolute Gasteiger partial charge is 0.266 e. The summed E-state index contributed by atoms with van der Waals surface area (Å²) in [7, 11) is 3.40. The van der Waals surface area contributed by atoms with Crippen LogP contribution in [-0.4, -0.2) is 34.5 Å². The summed E-state index contributed by atoms with van der Waals surface area (Å²) in [6.45, 7) is 4.20. The first-order chi connectivity index (χ1) is 16.0. The number of rotatable bonds is 11. The van der Waals surface area contributed by atoms with E-state index in [1.807, 2.05) is 56.4 Å². The van der Waals surface area contributed by atoms with Gasteiger partial charge in [-0.15, -0.1) is 0 Å². The van der Waals surface area contributed by atoms with Crippen LogP contribution in [0.1, 0.15) is 70.7 Å². The lowest BCUT2D eigenvalue weighted by molar-refractivity contribution is -0.132. The molecule has 0 saturated heterocycles. The number of para-hydroxylation sites is 3. The maximum Gasteiger partial charge on any atom is 0.266 e. The lowest BCUT2D eigenvalue weighted by atomic mass is 10.1. The van der Waals surface area contributed by atoms with Gasteiger partial charge in [-0.05, 0) is 37.1 Å². The lowest BCUT2D eigenvalue weighted by Crippen LogP contribution is -2.36. The summed E-state index contributed by atoms with van der Waals surface area (Å²) < 4.78 is 7.17. The average molecular weight is 450 g/mol. The van der Waals surface area contributed by atoms with Gasteiger partial charge in [0.15, 0.2) is 0 Å². The molecule has 1 unspecified atom stereocenters. The first kappa shape index (κ1) is 24.5. The largest absolute Gasteiger partial charge is 0.495 e. The Kier molecular flexibility index (Phi) is 8.64. The predicted octanol–water partition coefficient (Wildman–Crippen LogP) is 5.66. The molecule has 1 aromatic heterocycles. The fourth-order valence-corrected chi connectivity index (χ4v) is 4.28. The molecule has 6 nitrogen and oxygen atoms in total. The third-order valence-corrected chi connectivity index (χ3v) is 6.17. The molecule has 33 heavy (non-hydrogen) atoms. The van der Waals surface area contributed by atoms with Crippen molar-refractivity contribution in [2.24, 2.45) is 0 Å². The van der Waals surface area contributed by atoms with Crippen LogP contribution in [0.4, 0.5) is 0 Å². The highest BCUT2D eigenvalue weighted by Gasteiger charge is 2.27. The molecule has 1 amide bonds. The van der Waals surface area contributed by atoms with Crippen molar-refractivity contribution < 1.29 is 9.53 Å². The van der Waals surface area contributed by atoms with Gasteiger partial charge >= 0.3 is 0 Å². The summed E-state index contributed by atoms with van der Waals surface area (Å²) in [6, 6.07) is 14.4. The SMILES string of the molecule is CCCCCCCC(=O)N(C)C(CC)c1nc2ccccc2c(=O)n1-c1ccccc1OC. The van der Waals surface area contributed by atoms with E-state index in [0.717, 1.165) is 19.3 Å². The van der Waals surface area contributed by atoms with E-state index < -0.39 is 0 Å². The van der Waals surface area contributed by atoms with Crippen molar-refractivity contribution in [2.75, 3.05) is 14.2 Å². The second-order valence-electron chi connectivity index (χ2n) is 8.39. The second-order valence-corrected chi connectivity index (χ2v) is 8.39. The minimum absolute atomic E-state index is 0.0762. The maximum absolute atomic E-state index is 13.7. The van der Waals surface area contributed by atoms with Gasteiger partial charge in [-0.2, -0.15) is 0 Å². The quantitative estimate of drug-likeness (QED) is 0.354. The Balaban J connectivity index is 2.06. The number of carbonyl (C=O) groups excluding carboxylic acids is 1. The lowest BCUT2D eigenvalue weighted by Gasteiger charge is -2.29. The Morgan fingerprint density at radius 3 is 2.45 bits per heavy atom. The molecule has 1 heterocycles. The molecule has 0 saturated carbocycles. The van der Waals surface area contributed by atoms with E-state index >= 15 is 0 Å². The van der Waals surface area contributed by atoms with Crippen LogP contribution in [0.5, 0.6) is 5.75 Å². The van der Waals surface area contributed by atoms with Crippen molar-refractivity contribution in [3.05, 3.63) is 64.7 Å². The molecule has 2 aromatic carbocycles. The molecule has 3 rings (SSSR count). The second kappa shape index (κ2) is 11.6. The highest BCUT2D eigenvalue weighted by Crippen LogP contribution is 2.29. The molecule has 0 radical (unpaired) electrons. The third kappa shape index (κ3) is 5.44. The molecule has 0 aliphatic carbocycles. The molecule has 6 heteroatoms. The van der Waals surface area contributed by atoms with Gasteiger partial charge < -0.3 is 9.64 Å². The molecule has 1 atom stereocenters. The summed E-state index contributed by atoms with van der Waals surface area (Å²) in [5.41, 5.74) is 1.08. The fraction of sp³-hybridized carbons (Fsp3) is 0.444. The maximum atomic E-state index is 13.7. The standard InChI is InChI=1S/C27H35N3O3/c1-5-7-8-9-10-19-25(31)29(3)22(6-2)26-28-21-16-12-11-15-20(21)27(32)30(26)23-17-13-14-18-24(23)33-4/h11-18,22H,5-10,19H2,1-4H3. The van der Waals surface area contributed by atoms with Gasteiger partial charge in [0, 0.05) is 13.5 Å². The van der Waals surface area contributed by atoms with Crippen LogP contribution < -0.4 is 10.3 Å². The zero-order valence-corrected chi connectivity index (χ0v) is 20.2. The number of ether oxygens (including phenoxy) is 1. The van der Waals surface area contributed by atoms with Crippen molar-refractivity contribution in [1.29, 1.82) is 0 Å². The Hall–Kier alpha value is -3.15.